The van der Waals surface area contributed by atoms with E-state index in [4.69, 9.17) is 11.6 Å². The maximum atomic E-state index is 14.9. The molecule has 0 radical (unpaired) electrons. The Morgan fingerprint density at radius 3 is 2.62 bits per heavy atom. The molecule has 12 heteroatoms. The number of halogens is 2. The molecule has 3 aromatic rings. The SMILES string of the molecule is CN1CCn2c1nc1c(F)cc(-c3nc(NC4CCN(S(C)(=O)=O)CC4)ncc3Cl)cc12. The van der Waals surface area contributed by atoms with Gasteiger partial charge in [-0.05, 0) is 25.0 Å². The first-order chi connectivity index (χ1) is 15.2. The van der Waals surface area contributed by atoms with Gasteiger partial charge < -0.3 is 14.8 Å². The first-order valence-electron chi connectivity index (χ1n) is 10.4. The Kier molecular flexibility index (Phi) is 5.22. The Morgan fingerprint density at radius 2 is 1.91 bits per heavy atom. The van der Waals surface area contributed by atoms with E-state index in [1.165, 1.54) is 22.8 Å². The van der Waals surface area contributed by atoms with Gasteiger partial charge in [0, 0.05) is 44.8 Å². The number of anilines is 2. The van der Waals surface area contributed by atoms with E-state index in [1.807, 2.05) is 22.6 Å². The first kappa shape index (κ1) is 21.4. The summed E-state index contributed by atoms with van der Waals surface area (Å²) in [4.78, 5) is 15.2. The summed E-state index contributed by atoms with van der Waals surface area (Å²) in [5.41, 5.74) is 2.02. The molecule has 32 heavy (non-hydrogen) atoms. The number of hydrogen-bond acceptors (Lipinski definition) is 7. The number of nitrogens with zero attached hydrogens (tertiary/aromatic N) is 6. The van der Waals surface area contributed by atoms with Crippen molar-refractivity contribution < 1.29 is 12.8 Å². The minimum Gasteiger partial charge on any atom is -0.351 e. The van der Waals surface area contributed by atoms with Crippen molar-refractivity contribution in [2.45, 2.75) is 25.4 Å². The van der Waals surface area contributed by atoms with Gasteiger partial charge in [-0.2, -0.15) is 0 Å². The van der Waals surface area contributed by atoms with Gasteiger partial charge in [-0.25, -0.2) is 32.1 Å². The van der Waals surface area contributed by atoms with Gasteiger partial charge in [0.05, 0.1) is 28.7 Å². The molecule has 0 unspecified atom stereocenters. The number of fused-ring (bicyclic) bond motifs is 3. The standard InChI is InChI=1S/C20H23ClFN7O2S/c1-27-7-8-29-16-10-12(9-15(22)18(16)26-20(27)29)17-14(21)11-23-19(25-17)24-13-3-5-28(6-4-13)32(2,30)31/h9-11,13H,3-8H2,1-2H3,(H,23,24,25). The zero-order chi connectivity index (χ0) is 22.6. The van der Waals surface area contributed by atoms with E-state index in [1.54, 1.807) is 0 Å². The van der Waals surface area contributed by atoms with Crippen molar-refractivity contribution in [3.63, 3.8) is 0 Å². The zero-order valence-corrected chi connectivity index (χ0v) is 19.3. The number of hydrogen-bond donors (Lipinski definition) is 1. The molecule has 0 bridgehead atoms. The number of aromatic nitrogens is 4. The van der Waals surface area contributed by atoms with Gasteiger partial charge in [-0.1, -0.05) is 11.6 Å². The molecule has 0 saturated carbocycles. The summed E-state index contributed by atoms with van der Waals surface area (Å²) in [6.07, 6.45) is 4.00. The molecule has 2 aliphatic heterocycles. The third-order valence-corrected chi connectivity index (χ3v) is 7.64. The minimum absolute atomic E-state index is 0.0369. The average molecular weight is 480 g/mol. The number of rotatable bonds is 4. The molecule has 5 rings (SSSR count). The summed E-state index contributed by atoms with van der Waals surface area (Å²) < 4.78 is 41.8. The second kappa shape index (κ2) is 7.82. The normalized spacial score (nSPS) is 17.8. The van der Waals surface area contributed by atoms with Gasteiger partial charge in [-0.3, -0.25) is 0 Å². The van der Waals surface area contributed by atoms with Crippen molar-refractivity contribution in [3.05, 3.63) is 29.2 Å². The second-order valence-electron chi connectivity index (χ2n) is 8.28. The van der Waals surface area contributed by atoms with Crippen molar-refractivity contribution in [1.82, 2.24) is 23.8 Å². The van der Waals surface area contributed by atoms with Gasteiger partial charge in [0.1, 0.15) is 5.52 Å². The van der Waals surface area contributed by atoms with Crippen LogP contribution in [0.2, 0.25) is 5.02 Å². The van der Waals surface area contributed by atoms with Crippen LogP contribution >= 0.6 is 11.6 Å². The number of imidazole rings is 1. The Balaban J connectivity index is 1.43. The molecule has 0 amide bonds. The summed E-state index contributed by atoms with van der Waals surface area (Å²) in [5, 5.41) is 3.58. The molecule has 1 N–H and O–H groups in total. The maximum Gasteiger partial charge on any atom is 0.223 e. The average Bonchev–Trinajstić information content (AvgIpc) is 3.29. The van der Waals surface area contributed by atoms with Gasteiger partial charge in [-0.15, -0.1) is 0 Å². The lowest BCUT2D eigenvalue weighted by Crippen LogP contribution is -2.42. The quantitative estimate of drug-likeness (QED) is 0.614. The van der Waals surface area contributed by atoms with Crippen LogP contribution in [0.1, 0.15) is 12.8 Å². The molecule has 170 valence electrons. The van der Waals surface area contributed by atoms with Crippen LogP contribution in [0, 0.1) is 5.82 Å². The molecule has 2 aliphatic rings. The predicted octanol–water partition coefficient (Wildman–Crippen LogP) is 2.57. The van der Waals surface area contributed by atoms with E-state index in [2.05, 4.69) is 20.3 Å². The lowest BCUT2D eigenvalue weighted by Gasteiger charge is -2.30. The summed E-state index contributed by atoms with van der Waals surface area (Å²) in [7, 11) is -1.25. The molecule has 2 aromatic heterocycles. The summed E-state index contributed by atoms with van der Waals surface area (Å²) in [6.45, 7) is 2.45. The molecule has 0 aliphatic carbocycles. The molecule has 1 aromatic carbocycles. The van der Waals surface area contributed by atoms with E-state index in [0.29, 0.717) is 59.2 Å². The molecule has 4 heterocycles. The molecule has 0 spiro atoms. The number of benzene rings is 1. The highest BCUT2D eigenvalue weighted by molar-refractivity contribution is 7.88. The van der Waals surface area contributed by atoms with E-state index >= 15 is 0 Å². The van der Waals surface area contributed by atoms with Gasteiger partial charge in [0.25, 0.3) is 0 Å². The van der Waals surface area contributed by atoms with Gasteiger partial charge in [0.2, 0.25) is 21.9 Å². The molecular weight excluding hydrogens is 457 g/mol. The largest absolute Gasteiger partial charge is 0.351 e. The fourth-order valence-electron chi connectivity index (χ4n) is 4.32. The second-order valence-corrected chi connectivity index (χ2v) is 10.7. The highest BCUT2D eigenvalue weighted by Gasteiger charge is 2.26. The topological polar surface area (TPSA) is 96.3 Å². The zero-order valence-electron chi connectivity index (χ0n) is 17.7. The Labute approximate surface area is 190 Å². The number of likely N-dealkylation sites (N-methyl/N-ethyl adjacent to an activating group) is 1. The van der Waals surface area contributed by atoms with Crippen LogP contribution in [0.25, 0.3) is 22.3 Å². The van der Waals surface area contributed by atoms with Crippen LogP contribution in [-0.4, -0.2) is 71.2 Å². The first-order valence-corrected chi connectivity index (χ1v) is 12.6. The van der Waals surface area contributed by atoms with E-state index < -0.39 is 15.8 Å². The van der Waals surface area contributed by atoms with Crippen molar-refractivity contribution in [1.29, 1.82) is 0 Å². The van der Waals surface area contributed by atoms with Crippen molar-refractivity contribution in [2.24, 2.45) is 0 Å². The lowest BCUT2D eigenvalue weighted by molar-refractivity contribution is 0.331. The molecular formula is C20H23ClFN7O2S. The lowest BCUT2D eigenvalue weighted by atomic mass is 10.1. The van der Waals surface area contributed by atoms with Crippen molar-refractivity contribution >= 4 is 44.6 Å². The van der Waals surface area contributed by atoms with Gasteiger partial charge >= 0.3 is 0 Å². The fraction of sp³-hybridized carbons (Fsp3) is 0.450. The van der Waals surface area contributed by atoms with Crippen molar-refractivity contribution in [3.8, 4) is 11.3 Å². The van der Waals surface area contributed by atoms with E-state index in [-0.39, 0.29) is 6.04 Å². The van der Waals surface area contributed by atoms with Crippen LogP contribution in [0.15, 0.2) is 18.3 Å². The third-order valence-electron chi connectivity index (χ3n) is 6.06. The maximum absolute atomic E-state index is 14.9. The molecule has 0 atom stereocenters. The monoisotopic (exact) mass is 479 g/mol. The molecule has 9 nitrogen and oxygen atoms in total. The van der Waals surface area contributed by atoms with Crippen LogP contribution < -0.4 is 10.2 Å². The third kappa shape index (κ3) is 3.78. The minimum atomic E-state index is -3.18. The van der Waals surface area contributed by atoms with Crippen LogP contribution in [0.3, 0.4) is 0 Å². The van der Waals surface area contributed by atoms with Crippen molar-refractivity contribution in [2.75, 3.05) is 43.2 Å². The van der Waals surface area contributed by atoms with Crippen LogP contribution in [0.5, 0.6) is 0 Å². The number of piperidine rings is 1. The summed E-state index contributed by atoms with van der Waals surface area (Å²) in [5.74, 6) is 0.693. The molecule has 1 saturated heterocycles. The number of sulfonamides is 1. The predicted molar refractivity (Wildman–Crippen MR) is 122 cm³/mol. The summed E-state index contributed by atoms with van der Waals surface area (Å²) in [6, 6.07) is 3.29. The Morgan fingerprint density at radius 1 is 1.16 bits per heavy atom. The smallest absolute Gasteiger partial charge is 0.223 e. The van der Waals surface area contributed by atoms with E-state index in [0.717, 1.165) is 19.0 Å². The fourth-order valence-corrected chi connectivity index (χ4v) is 5.40. The number of nitrogens with one attached hydrogen (secondary N) is 1. The van der Waals surface area contributed by atoms with Gasteiger partial charge in [0.15, 0.2) is 5.82 Å². The van der Waals surface area contributed by atoms with Crippen LogP contribution in [0.4, 0.5) is 16.3 Å². The molecule has 1 fully saturated rings. The highest BCUT2D eigenvalue weighted by atomic mass is 35.5. The highest BCUT2D eigenvalue weighted by Crippen LogP contribution is 2.34. The Bertz CT molecular complexity index is 1310. The summed E-state index contributed by atoms with van der Waals surface area (Å²) >= 11 is 6.38. The van der Waals surface area contributed by atoms with E-state index in [9.17, 15) is 12.8 Å². The van der Waals surface area contributed by atoms with Crippen LogP contribution in [-0.2, 0) is 16.6 Å². The Hall–Kier alpha value is -2.50.